The Labute approximate surface area is 213 Å². The zero-order chi connectivity index (χ0) is 26.2. The Bertz CT molecular complexity index is 1330. The Morgan fingerprint density at radius 2 is 1.81 bits per heavy atom. The van der Waals surface area contributed by atoms with Gasteiger partial charge in [0.25, 0.3) is 5.56 Å². The number of imidazole rings is 1. The van der Waals surface area contributed by atoms with Gasteiger partial charge in [0.1, 0.15) is 17.4 Å². The number of nitrogens with one attached hydrogen (secondary N) is 1. The van der Waals surface area contributed by atoms with E-state index in [1.807, 2.05) is 64.1 Å². The first-order valence-electron chi connectivity index (χ1n) is 12.7. The minimum atomic E-state index is -0.616. The first-order chi connectivity index (χ1) is 17.4. The third-order valence-corrected chi connectivity index (χ3v) is 6.32. The molecule has 2 unspecified atom stereocenters. The fraction of sp³-hybridized carbons (Fsp3) is 0.414. The number of aromatic amines is 1. The summed E-state index contributed by atoms with van der Waals surface area (Å²) in [4.78, 5) is 20.5. The van der Waals surface area contributed by atoms with Crippen molar-refractivity contribution in [3.05, 3.63) is 92.9 Å². The number of benzene rings is 2. The number of aliphatic hydroxyl groups excluding tert-OH is 1. The lowest BCUT2D eigenvalue weighted by atomic mass is 9.94. The van der Waals surface area contributed by atoms with E-state index < -0.39 is 6.10 Å². The third-order valence-electron chi connectivity index (χ3n) is 6.32. The third kappa shape index (κ3) is 6.21. The van der Waals surface area contributed by atoms with Gasteiger partial charge >= 0.3 is 0 Å². The van der Waals surface area contributed by atoms with Crippen molar-refractivity contribution in [2.45, 2.75) is 72.3 Å². The lowest BCUT2D eigenvalue weighted by Crippen LogP contribution is -2.22. The molecule has 4 rings (SSSR count). The van der Waals surface area contributed by atoms with Crippen LogP contribution >= 0.6 is 0 Å². The average Bonchev–Trinajstić information content (AvgIpc) is 3.19. The van der Waals surface area contributed by atoms with Crippen molar-refractivity contribution in [1.82, 2.24) is 19.6 Å². The van der Waals surface area contributed by atoms with E-state index >= 15 is 0 Å². The van der Waals surface area contributed by atoms with Crippen LogP contribution in [-0.2, 0) is 12.8 Å². The number of H-pyrrole nitrogens is 1. The molecule has 0 saturated carbocycles. The summed E-state index contributed by atoms with van der Waals surface area (Å²) in [5.41, 5.74) is 4.13. The summed E-state index contributed by atoms with van der Waals surface area (Å²) in [5.74, 6) is 1.78. The van der Waals surface area contributed by atoms with E-state index in [4.69, 9.17) is 9.84 Å². The van der Waals surface area contributed by atoms with Crippen LogP contribution in [0.3, 0.4) is 0 Å². The molecular formula is C29H38N4O3. The highest BCUT2D eigenvalue weighted by molar-refractivity contribution is 5.50. The van der Waals surface area contributed by atoms with Gasteiger partial charge in [-0.3, -0.25) is 4.79 Å². The number of fused-ring (bicyclic) bond motifs is 1. The summed E-state index contributed by atoms with van der Waals surface area (Å²) < 4.78 is 6.98. The number of hydrogen-bond donors (Lipinski definition) is 2. The van der Waals surface area contributed by atoms with Crippen LogP contribution < -0.4 is 10.3 Å². The minimum Gasteiger partial charge on any atom is -0.496 e. The fourth-order valence-corrected chi connectivity index (χ4v) is 4.56. The predicted molar refractivity (Wildman–Crippen MR) is 144 cm³/mol. The molecule has 2 N–H and O–H groups in total. The highest BCUT2D eigenvalue weighted by Crippen LogP contribution is 2.26. The Kier molecular flexibility index (Phi) is 9.42. The Morgan fingerprint density at radius 1 is 1.08 bits per heavy atom. The summed E-state index contributed by atoms with van der Waals surface area (Å²) in [6.07, 6.45) is 2.42. The van der Waals surface area contributed by atoms with Crippen molar-refractivity contribution in [1.29, 1.82) is 0 Å². The van der Waals surface area contributed by atoms with Gasteiger partial charge in [-0.25, -0.2) is 9.50 Å². The van der Waals surface area contributed by atoms with Gasteiger partial charge in [0.05, 0.1) is 18.9 Å². The number of rotatable bonds is 9. The molecule has 0 saturated heterocycles. The van der Waals surface area contributed by atoms with Gasteiger partial charge in [0, 0.05) is 12.3 Å². The van der Waals surface area contributed by atoms with Gasteiger partial charge in [0.2, 0.25) is 0 Å². The summed E-state index contributed by atoms with van der Waals surface area (Å²) >= 11 is 0. The predicted octanol–water partition coefficient (Wildman–Crippen LogP) is 5.15. The van der Waals surface area contributed by atoms with Gasteiger partial charge in [0.15, 0.2) is 5.52 Å². The van der Waals surface area contributed by atoms with E-state index in [1.54, 1.807) is 18.5 Å². The maximum Gasteiger partial charge on any atom is 0.277 e. The average molecular weight is 491 g/mol. The number of aromatic nitrogens is 4. The van der Waals surface area contributed by atoms with E-state index in [9.17, 15) is 9.90 Å². The zero-order valence-corrected chi connectivity index (χ0v) is 22.2. The molecule has 192 valence electrons. The monoisotopic (exact) mass is 490 g/mol. The number of methoxy groups -OCH3 is 1. The largest absolute Gasteiger partial charge is 0.496 e. The van der Waals surface area contributed by atoms with Gasteiger partial charge in [-0.05, 0) is 62.8 Å². The van der Waals surface area contributed by atoms with Crippen molar-refractivity contribution in [2.75, 3.05) is 7.11 Å². The van der Waals surface area contributed by atoms with Crippen LogP contribution in [-0.4, -0.2) is 37.9 Å². The molecule has 2 heterocycles. The van der Waals surface area contributed by atoms with Crippen LogP contribution in [0, 0.1) is 13.8 Å². The Morgan fingerprint density at radius 3 is 2.44 bits per heavy atom. The number of ether oxygens (including phenoxy) is 1. The smallest absolute Gasteiger partial charge is 0.277 e. The maximum absolute atomic E-state index is 12.9. The molecule has 36 heavy (non-hydrogen) atoms. The van der Waals surface area contributed by atoms with Crippen molar-refractivity contribution in [3.63, 3.8) is 0 Å². The van der Waals surface area contributed by atoms with Crippen LogP contribution in [0.25, 0.3) is 5.52 Å². The fourth-order valence-electron chi connectivity index (χ4n) is 4.56. The number of aliphatic hydroxyl groups is 1. The molecule has 7 heteroatoms. The molecule has 0 aliphatic rings. The highest BCUT2D eigenvalue weighted by atomic mass is 16.5. The van der Waals surface area contributed by atoms with E-state index in [1.165, 1.54) is 5.56 Å². The van der Waals surface area contributed by atoms with Crippen LogP contribution in [0.1, 0.15) is 73.6 Å². The van der Waals surface area contributed by atoms with E-state index in [2.05, 4.69) is 22.1 Å². The van der Waals surface area contributed by atoms with Crippen molar-refractivity contribution in [2.24, 2.45) is 0 Å². The van der Waals surface area contributed by atoms with Crippen LogP contribution in [0.2, 0.25) is 0 Å². The number of aryl methyl sites for hydroxylation is 3. The second-order valence-corrected chi connectivity index (χ2v) is 8.92. The maximum atomic E-state index is 12.9. The molecule has 4 aromatic rings. The molecule has 0 aliphatic heterocycles. The molecule has 0 aliphatic carbocycles. The summed E-state index contributed by atoms with van der Waals surface area (Å²) in [6.45, 7) is 9.57. The molecule has 7 nitrogen and oxygen atoms in total. The van der Waals surface area contributed by atoms with Gasteiger partial charge in [-0.1, -0.05) is 56.3 Å². The molecule has 0 fully saturated rings. The van der Waals surface area contributed by atoms with Crippen molar-refractivity contribution >= 4 is 5.52 Å². The Balaban J connectivity index is 0.00000176. The summed E-state index contributed by atoms with van der Waals surface area (Å²) in [7, 11) is 1.65. The molecule has 0 amide bonds. The molecule has 0 spiro atoms. The minimum absolute atomic E-state index is 0.222. The Hall–Kier alpha value is -3.45. The van der Waals surface area contributed by atoms with Gasteiger partial charge in [-0.15, -0.1) is 0 Å². The topological polar surface area (TPSA) is 92.5 Å². The first-order valence-corrected chi connectivity index (χ1v) is 12.7. The molecule has 2 aromatic heterocycles. The second kappa shape index (κ2) is 12.5. The second-order valence-electron chi connectivity index (χ2n) is 8.92. The molecule has 2 aromatic carbocycles. The lowest BCUT2D eigenvalue weighted by Gasteiger charge is -2.18. The molecule has 2 atom stereocenters. The zero-order valence-electron chi connectivity index (χ0n) is 22.2. The molecule has 0 bridgehead atoms. The van der Waals surface area contributed by atoms with Gasteiger partial charge in [-0.2, -0.15) is 5.10 Å². The van der Waals surface area contributed by atoms with E-state index in [0.717, 1.165) is 36.1 Å². The van der Waals surface area contributed by atoms with Crippen LogP contribution in [0.15, 0.2) is 53.3 Å². The van der Waals surface area contributed by atoms with Crippen molar-refractivity contribution in [3.8, 4) is 5.75 Å². The van der Waals surface area contributed by atoms with Crippen molar-refractivity contribution < 1.29 is 9.84 Å². The normalized spacial score (nSPS) is 12.6. The van der Waals surface area contributed by atoms with E-state index in [-0.39, 0.29) is 11.5 Å². The lowest BCUT2D eigenvalue weighted by molar-refractivity contribution is 0.151. The quantitative estimate of drug-likeness (QED) is 0.339. The van der Waals surface area contributed by atoms with E-state index in [0.29, 0.717) is 29.3 Å². The first kappa shape index (κ1) is 27.1. The molecule has 0 radical (unpaired) electrons. The van der Waals surface area contributed by atoms with Gasteiger partial charge < -0.3 is 14.8 Å². The number of hydrogen-bond acceptors (Lipinski definition) is 5. The van der Waals surface area contributed by atoms with Crippen LogP contribution in [0.4, 0.5) is 0 Å². The summed E-state index contributed by atoms with van der Waals surface area (Å²) in [5, 5.41) is 15.4. The summed E-state index contributed by atoms with van der Waals surface area (Å²) in [6, 6.07) is 16.2. The number of nitrogens with zero attached hydrogens (tertiary/aromatic N) is 3. The standard InChI is InChI=1S/C27H32N4O3.C2H6/c1-17-15-21(13-14-23(17)34-4)16-24-29-27(33)25-18(2)28-26(31(25)30-24)22(19(3)32)12-8-11-20-9-6-5-7-10-20;1-2/h5-7,9-10,13-15,19,22,32H,8,11-12,16H2,1-4H3,(H,29,30,33);1-2H3. The van der Waals surface area contributed by atoms with Crippen LogP contribution in [0.5, 0.6) is 5.75 Å². The SMILES string of the molecule is CC.COc1ccc(Cc2nn3c(C(CCCc4ccccc4)C(C)O)nc(C)c3c(=O)[nH]2)cc1C. The highest BCUT2D eigenvalue weighted by Gasteiger charge is 2.25. The molecular weight excluding hydrogens is 452 g/mol.